The van der Waals surface area contributed by atoms with Gasteiger partial charge in [-0.25, -0.2) is 24.4 Å². The zero-order valence-electron chi connectivity index (χ0n) is 26.3. The number of hydrogen-bond donors (Lipinski definition) is 6. The Morgan fingerprint density at radius 3 is 1.46 bits per heavy atom. The lowest BCUT2D eigenvalue weighted by Gasteiger charge is -2.26. The summed E-state index contributed by atoms with van der Waals surface area (Å²) in [4.78, 5) is 69.8. The third kappa shape index (κ3) is 7.41. The van der Waals surface area contributed by atoms with E-state index in [4.69, 9.17) is 0 Å². The summed E-state index contributed by atoms with van der Waals surface area (Å²) >= 11 is 0. The monoisotopic (exact) mass is 674 g/mol. The maximum Gasteiger partial charge on any atom is 0.331 e. The average molecular weight is 675 g/mol. The number of carbonyl (C=O) groups is 5. The second-order valence-electron chi connectivity index (χ2n) is 12.0. The maximum atomic E-state index is 13.0. The Morgan fingerprint density at radius 2 is 1.06 bits per heavy atom. The number of carbonyl (C=O) groups excluding carboxylic acids is 3. The van der Waals surface area contributed by atoms with Crippen molar-refractivity contribution in [1.29, 1.82) is 0 Å². The van der Waals surface area contributed by atoms with Crippen LogP contribution in [0.15, 0.2) is 129 Å². The van der Waals surface area contributed by atoms with Crippen LogP contribution in [0.25, 0.3) is 0 Å². The molecule has 13 nitrogen and oxygen atoms in total. The molecule has 50 heavy (non-hydrogen) atoms. The predicted molar refractivity (Wildman–Crippen MR) is 184 cm³/mol. The number of aliphatic hydroxyl groups excluding tert-OH is 2. The van der Waals surface area contributed by atoms with Crippen molar-refractivity contribution in [2.24, 2.45) is 21.8 Å². The van der Waals surface area contributed by atoms with Gasteiger partial charge in [-0.2, -0.15) is 0 Å². The smallest absolute Gasteiger partial charge is 0.331 e. The second kappa shape index (κ2) is 13.8. The minimum Gasteiger partial charge on any atom is -0.508 e. The molecule has 0 radical (unpaired) electrons. The van der Waals surface area contributed by atoms with Gasteiger partial charge in [-0.3, -0.25) is 9.59 Å². The number of hydrogen-bond acceptors (Lipinski definition) is 7. The number of nitrogens with zero attached hydrogens (tertiary/aromatic N) is 2. The van der Waals surface area contributed by atoms with E-state index in [0.29, 0.717) is 33.9 Å². The Balaban J connectivity index is 1.08. The van der Waals surface area contributed by atoms with Gasteiger partial charge in [0.15, 0.2) is 0 Å². The van der Waals surface area contributed by atoms with Gasteiger partial charge in [0.2, 0.25) is 0 Å². The highest BCUT2D eigenvalue weighted by molar-refractivity contribution is 6.11. The molecule has 4 amide bonds. The molecule has 6 rings (SSSR count). The van der Waals surface area contributed by atoms with Gasteiger partial charge in [0.05, 0.1) is 0 Å². The number of benzene rings is 2. The van der Waals surface area contributed by atoms with Gasteiger partial charge in [-0.05, 0) is 84.7 Å². The lowest BCUT2D eigenvalue weighted by Crippen LogP contribution is -2.21. The van der Waals surface area contributed by atoms with E-state index in [2.05, 4.69) is 20.6 Å². The van der Waals surface area contributed by atoms with Crippen LogP contribution in [0, 0.1) is 11.8 Å². The van der Waals surface area contributed by atoms with E-state index >= 15 is 0 Å². The fourth-order valence-electron chi connectivity index (χ4n) is 6.10. The standard InChI is InChI=1S/C37H30N4O9/c42-31-15-23(35(46)47)11-19-7-9-27(17-29(19)31)38-33(44)21-3-1-5-25(13-21)40-37(50)41-26-6-2-4-22(14-26)34(45)39-28-10-8-20-12-24(36(48)49)16-32(43)30(20)18-28/h1-10,13-16,19-20,42-43H,11-12,17-18H2,(H,46,47)(H,48,49)(H2,40,41,50). The third-order valence-electron chi connectivity index (χ3n) is 8.61. The van der Waals surface area contributed by atoms with Crippen LogP contribution in [0.3, 0.4) is 0 Å². The van der Waals surface area contributed by atoms with Crippen LogP contribution in [0.4, 0.5) is 16.2 Å². The van der Waals surface area contributed by atoms with Crippen molar-refractivity contribution in [2.75, 3.05) is 10.6 Å². The molecule has 0 aliphatic heterocycles. The number of carboxylic acids is 2. The zero-order chi connectivity index (χ0) is 35.5. The third-order valence-corrected chi connectivity index (χ3v) is 8.61. The summed E-state index contributed by atoms with van der Waals surface area (Å²) in [6.45, 7) is 0. The van der Waals surface area contributed by atoms with Crippen LogP contribution in [-0.4, -0.2) is 61.6 Å². The summed E-state index contributed by atoms with van der Waals surface area (Å²) in [6.07, 6.45) is 9.99. The van der Waals surface area contributed by atoms with Crippen LogP contribution < -0.4 is 10.6 Å². The van der Waals surface area contributed by atoms with Crippen LogP contribution in [-0.2, 0) is 9.59 Å². The summed E-state index contributed by atoms with van der Waals surface area (Å²) in [6, 6.07) is 11.7. The lowest BCUT2D eigenvalue weighted by molar-refractivity contribution is -0.133. The van der Waals surface area contributed by atoms with E-state index in [1.165, 1.54) is 24.3 Å². The van der Waals surface area contributed by atoms with Crippen molar-refractivity contribution in [3.63, 3.8) is 0 Å². The quantitative estimate of drug-likeness (QED) is 0.208. The van der Waals surface area contributed by atoms with Crippen LogP contribution in [0.5, 0.6) is 0 Å². The molecule has 2 atom stereocenters. The number of carboxylic acid groups (broad SMARTS) is 2. The molecule has 13 heteroatoms. The molecule has 6 N–H and O–H groups in total. The molecule has 0 bridgehead atoms. The first-order valence-electron chi connectivity index (χ1n) is 15.5. The fraction of sp³-hybridized carbons (Fsp3) is 0.162. The number of nitrogens with one attached hydrogen (secondary N) is 2. The van der Waals surface area contributed by atoms with Crippen LogP contribution in [0.1, 0.15) is 46.4 Å². The molecule has 252 valence electrons. The van der Waals surface area contributed by atoms with Crippen molar-refractivity contribution < 1.29 is 44.4 Å². The molecule has 2 aromatic rings. The minimum atomic E-state index is -1.10. The van der Waals surface area contributed by atoms with Gasteiger partial charge in [0, 0.05) is 69.7 Å². The molecule has 0 spiro atoms. The minimum absolute atomic E-state index is 0.103. The summed E-state index contributed by atoms with van der Waals surface area (Å²) in [7, 11) is 0. The fourth-order valence-corrected chi connectivity index (χ4v) is 6.10. The molecule has 0 heterocycles. The highest BCUT2D eigenvalue weighted by Crippen LogP contribution is 2.36. The SMILES string of the molecule is O=C(Nc1cccc(C(=O)N=C2C=CC3CC(C(=O)O)=CC(O)=C3C2)c1)Nc1cccc(C(=O)N=C2C=CC3CC(C(=O)O)=CC(O)=C3C2)c1. The van der Waals surface area contributed by atoms with Crippen molar-refractivity contribution in [3.05, 3.63) is 130 Å². The Kier molecular flexibility index (Phi) is 9.22. The van der Waals surface area contributed by atoms with Crippen molar-refractivity contribution in [1.82, 2.24) is 0 Å². The molecular formula is C37H30N4O9. The summed E-state index contributed by atoms with van der Waals surface area (Å²) in [5.41, 5.74) is 3.19. The largest absolute Gasteiger partial charge is 0.508 e. The molecule has 2 aromatic carbocycles. The van der Waals surface area contributed by atoms with Gasteiger partial charge < -0.3 is 31.1 Å². The predicted octanol–water partition coefficient (Wildman–Crippen LogP) is 6.10. The van der Waals surface area contributed by atoms with Gasteiger partial charge >= 0.3 is 18.0 Å². The number of rotatable bonds is 6. The van der Waals surface area contributed by atoms with Crippen molar-refractivity contribution in [2.45, 2.75) is 25.7 Å². The Hall–Kier alpha value is -6.63. The van der Waals surface area contributed by atoms with Gasteiger partial charge in [-0.15, -0.1) is 0 Å². The summed E-state index contributed by atoms with van der Waals surface area (Å²) < 4.78 is 0. The number of aliphatic hydroxyl groups is 2. The highest BCUT2D eigenvalue weighted by Gasteiger charge is 2.30. The first-order chi connectivity index (χ1) is 23.9. The molecule has 0 fully saturated rings. The summed E-state index contributed by atoms with van der Waals surface area (Å²) in [5, 5.41) is 44.5. The topological polar surface area (TPSA) is 215 Å². The zero-order valence-corrected chi connectivity index (χ0v) is 26.3. The molecule has 4 aliphatic carbocycles. The average Bonchev–Trinajstić information content (AvgIpc) is 3.08. The molecular weight excluding hydrogens is 644 g/mol. The Morgan fingerprint density at radius 1 is 0.640 bits per heavy atom. The van der Waals surface area contributed by atoms with E-state index in [0.717, 1.165) is 0 Å². The lowest BCUT2D eigenvalue weighted by atomic mass is 9.80. The Labute approximate surface area is 284 Å². The molecule has 0 saturated carbocycles. The maximum absolute atomic E-state index is 13.0. The van der Waals surface area contributed by atoms with E-state index in [-0.39, 0.29) is 71.3 Å². The van der Waals surface area contributed by atoms with E-state index < -0.39 is 29.8 Å². The molecule has 0 saturated heterocycles. The van der Waals surface area contributed by atoms with Gasteiger partial charge in [0.1, 0.15) is 11.5 Å². The van der Waals surface area contributed by atoms with E-state index in [9.17, 15) is 44.4 Å². The number of amides is 4. The number of urea groups is 1. The molecule has 2 unspecified atom stereocenters. The Bertz CT molecular complexity index is 1970. The van der Waals surface area contributed by atoms with E-state index in [1.54, 1.807) is 60.7 Å². The molecule has 0 aromatic heterocycles. The van der Waals surface area contributed by atoms with E-state index in [1.807, 2.05) is 0 Å². The first-order valence-corrected chi connectivity index (χ1v) is 15.5. The first kappa shape index (κ1) is 33.3. The van der Waals surface area contributed by atoms with Crippen molar-refractivity contribution in [3.8, 4) is 0 Å². The number of allylic oxidation sites excluding steroid dienone is 8. The number of fused-ring (bicyclic) bond motifs is 2. The van der Waals surface area contributed by atoms with Gasteiger partial charge in [0.25, 0.3) is 11.8 Å². The second-order valence-corrected chi connectivity index (χ2v) is 12.0. The molecule has 4 aliphatic rings. The van der Waals surface area contributed by atoms with Gasteiger partial charge in [-0.1, -0.05) is 24.3 Å². The number of aliphatic imine (C=N–C) groups is 2. The highest BCUT2D eigenvalue weighted by atomic mass is 16.4. The normalized spacial score (nSPS) is 21.2. The van der Waals surface area contributed by atoms with Crippen molar-refractivity contribution >= 4 is 52.6 Å². The van der Waals surface area contributed by atoms with Crippen LogP contribution in [0.2, 0.25) is 0 Å². The summed E-state index contributed by atoms with van der Waals surface area (Å²) in [5.74, 6) is -4.20. The van der Waals surface area contributed by atoms with Crippen LogP contribution >= 0.6 is 0 Å². The number of anilines is 2. The number of aliphatic carboxylic acids is 2.